The van der Waals surface area contributed by atoms with Gasteiger partial charge in [-0.05, 0) is 55.7 Å². The predicted octanol–water partition coefficient (Wildman–Crippen LogP) is -1.83. The number of aromatic hydroxyl groups is 1. The number of rotatable bonds is 18. The van der Waals surface area contributed by atoms with Gasteiger partial charge < -0.3 is 49.1 Å². The van der Waals surface area contributed by atoms with Crippen LogP contribution in [0.25, 0.3) is 0 Å². The number of amides is 4. The Morgan fingerprint density at radius 2 is 1.41 bits per heavy atom. The average molecular weight is 579 g/mol. The summed E-state index contributed by atoms with van der Waals surface area (Å²) in [4.78, 5) is 66.0. The summed E-state index contributed by atoms with van der Waals surface area (Å²) in [5.74, 6) is -4.33. The van der Waals surface area contributed by atoms with Gasteiger partial charge in [0.05, 0.1) is 6.04 Å². The Labute approximate surface area is 238 Å². The molecular formula is C26H42N8O7. The predicted molar refractivity (Wildman–Crippen MR) is 151 cm³/mol. The zero-order chi connectivity index (χ0) is 31.1. The number of phenolic OH excluding ortho intramolecular Hbond substituents is 1. The van der Waals surface area contributed by atoms with Gasteiger partial charge in [0.15, 0.2) is 5.96 Å². The van der Waals surface area contributed by atoms with Gasteiger partial charge in [-0.25, -0.2) is 4.79 Å². The molecule has 0 aliphatic carbocycles. The summed E-state index contributed by atoms with van der Waals surface area (Å²) < 4.78 is 0. The van der Waals surface area contributed by atoms with Crippen LogP contribution in [0.2, 0.25) is 0 Å². The molecule has 1 aromatic rings. The average Bonchev–Trinajstić information content (AvgIpc) is 2.88. The summed E-state index contributed by atoms with van der Waals surface area (Å²) in [5, 5.41) is 26.5. The Morgan fingerprint density at radius 1 is 0.854 bits per heavy atom. The third kappa shape index (κ3) is 14.0. The Kier molecular flexibility index (Phi) is 14.6. The fourth-order valence-corrected chi connectivity index (χ4v) is 3.82. The van der Waals surface area contributed by atoms with Crippen molar-refractivity contribution in [3.63, 3.8) is 0 Å². The van der Waals surface area contributed by atoms with Crippen LogP contribution in [0.1, 0.15) is 51.5 Å². The van der Waals surface area contributed by atoms with E-state index >= 15 is 0 Å². The van der Waals surface area contributed by atoms with Gasteiger partial charge in [0, 0.05) is 13.0 Å². The van der Waals surface area contributed by atoms with Crippen LogP contribution in [0, 0.1) is 5.92 Å². The highest BCUT2D eigenvalue weighted by Gasteiger charge is 2.31. The third-order valence-electron chi connectivity index (χ3n) is 5.94. The van der Waals surface area contributed by atoms with Gasteiger partial charge >= 0.3 is 5.97 Å². The Bertz CT molecular complexity index is 1070. The quantitative estimate of drug-likeness (QED) is 0.0533. The maximum Gasteiger partial charge on any atom is 0.326 e. The zero-order valence-corrected chi connectivity index (χ0v) is 23.3. The van der Waals surface area contributed by atoms with Crippen LogP contribution in [0.5, 0.6) is 5.75 Å². The number of carboxylic acids is 1. The van der Waals surface area contributed by atoms with Gasteiger partial charge in [-0.2, -0.15) is 0 Å². The topological polar surface area (TPSA) is 278 Å². The maximum atomic E-state index is 13.2. The Hall–Kier alpha value is -4.40. The number of hydrogen-bond donors (Lipinski definition) is 9. The second-order valence-corrected chi connectivity index (χ2v) is 10.1. The van der Waals surface area contributed by atoms with Crippen molar-refractivity contribution in [1.29, 1.82) is 0 Å². The van der Waals surface area contributed by atoms with E-state index in [2.05, 4.69) is 20.9 Å². The lowest BCUT2D eigenvalue weighted by Crippen LogP contribution is -2.57. The SMILES string of the molecule is CC(C)CC(NC(=O)C(N)Cc1ccc(O)cc1)C(=O)NC(CCC(N)=O)C(=O)NC(CCCN=C(N)N)C(=O)O. The minimum atomic E-state index is -1.31. The largest absolute Gasteiger partial charge is 0.508 e. The molecule has 13 N–H and O–H groups in total. The van der Waals surface area contributed by atoms with Gasteiger partial charge in [-0.15, -0.1) is 0 Å². The van der Waals surface area contributed by atoms with E-state index < -0.39 is 53.8 Å². The molecule has 228 valence electrons. The van der Waals surface area contributed by atoms with E-state index in [1.165, 1.54) is 12.1 Å². The number of nitrogens with one attached hydrogen (secondary N) is 3. The maximum absolute atomic E-state index is 13.2. The molecule has 15 heteroatoms. The summed E-state index contributed by atoms with van der Waals surface area (Å²) in [7, 11) is 0. The Morgan fingerprint density at radius 3 is 1.95 bits per heavy atom. The molecule has 0 aromatic heterocycles. The first-order valence-electron chi connectivity index (χ1n) is 13.2. The van der Waals surface area contributed by atoms with Crippen molar-refractivity contribution in [3.05, 3.63) is 29.8 Å². The van der Waals surface area contributed by atoms with Gasteiger partial charge in [0.2, 0.25) is 23.6 Å². The number of aliphatic carboxylic acids is 1. The van der Waals surface area contributed by atoms with E-state index in [1.807, 2.05) is 13.8 Å². The number of aliphatic imine (C=N–C) groups is 1. The molecule has 0 aliphatic heterocycles. The summed E-state index contributed by atoms with van der Waals surface area (Å²) in [6.07, 6.45) is 0.136. The standard InChI is InChI=1S/C26H42N8O7/c1-14(2)12-20(34-22(37)17(27)13-15-5-7-16(35)8-6-15)24(39)32-18(9-10-21(28)36)23(38)33-19(25(40)41)4-3-11-31-26(29)30/h5-8,14,17-20,35H,3-4,9-13,27H2,1-2H3,(H2,28,36)(H,32,39)(H,33,38)(H,34,37)(H,40,41)(H4,29,30,31). The summed E-state index contributed by atoms with van der Waals surface area (Å²) in [6, 6.07) is 1.46. The number of phenols is 1. The summed E-state index contributed by atoms with van der Waals surface area (Å²) in [6.45, 7) is 3.81. The number of benzene rings is 1. The normalized spacial score (nSPS) is 13.8. The second kappa shape index (κ2) is 17.3. The van der Waals surface area contributed by atoms with Crippen molar-refractivity contribution in [2.24, 2.45) is 33.8 Å². The van der Waals surface area contributed by atoms with E-state index in [-0.39, 0.29) is 62.7 Å². The van der Waals surface area contributed by atoms with Gasteiger partial charge in [0.1, 0.15) is 23.9 Å². The van der Waals surface area contributed by atoms with E-state index in [1.54, 1.807) is 12.1 Å². The molecule has 4 unspecified atom stereocenters. The van der Waals surface area contributed by atoms with Crippen molar-refractivity contribution >= 4 is 35.6 Å². The molecule has 1 rings (SSSR count). The molecule has 4 atom stereocenters. The molecule has 1 aromatic carbocycles. The molecule has 41 heavy (non-hydrogen) atoms. The molecule has 0 saturated heterocycles. The van der Waals surface area contributed by atoms with Crippen LogP contribution in [0.4, 0.5) is 0 Å². The molecule has 0 aliphatic rings. The van der Waals surface area contributed by atoms with E-state index in [0.717, 1.165) is 0 Å². The van der Waals surface area contributed by atoms with E-state index in [0.29, 0.717) is 5.56 Å². The monoisotopic (exact) mass is 578 g/mol. The van der Waals surface area contributed by atoms with Crippen molar-refractivity contribution in [1.82, 2.24) is 16.0 Å². The van der Waals surface area contributed by atoms with Crippen LogP contribution in [-0.2, 0) is 30.4 Å². The summed E-state index contributed by atoms with van der Waals surface area (Å²) in [5.41, 5.74) is 22.5. The molecule has 15 nitrogen and oxygen atoms in total. The van der Waals surface area contributed by atoms with Crippen LogP contribution >= 0.6 is 0 Å². The molecule has 0 bridgehead atoms. The van der Waals surface area contributed by atoms with Crippen LogP contribution in [-0.4, -0.2) is 76.5 Å². The van der Waals surface area contributed by atoms with Crippen molar-refractivity contribution < 1.29 is 34.2 Å². The molecule has 0 heterocycles. The molecule has 4 amide bonds. The fourth-order valence-electron chi connectivity index (χ4n) is 3.82. The fraction of sp³-hybridized carbons (Fsp3) is 0.538. The number of primary amides is 1. The number of hydrogen-bond acceptors (Lipinski definition) is 8. The lowest BCUT2D eigenvalue weighted by molar-refractivity contribution is -0.142. The zero-order valence-electron chi connectivity index (χ0n) is 23.3. The van der Waals surface area contributed by atoms with Crippen molar-refractivity contribution in [3.8, 4) is 5.75 Å². The first-order valence-corrected chi connectivity index (χ1v) is 13.2. The highest BCUT2D eigenvalue weighted by Crippen LogP contribution is 2.12. The molecule has 0 saturated carbocycles. The second-order valence-electron chi connectivity index (χ2n) is 10.1. The summed E-state index contributed by atoms with van der Waals surface area (Å²) >= 11 is 0. The smallest absolute Gasteiger partial charge is 0.326 e. The number of nitrogens with two attached hydrogens (primary N) is 4. The first kappa shape index (κ1) is 34.6. The first-order chi connectivity index (χ1) is 19.2. The highest BCUT2D eigenvalue weighted by molar-refractivity contribution is 5.94. The van der Waals surface area contributed by atoms with Crippen molar-refractivity contribution in [2.45, 2.75) is 76.5 Å². The highest BCUT2D eigenvalue weighted by atomic mass is 16.4. The van der Waals surface area contributed by atoms with Crippen molar-refractivity contribution in [2.75, 3.05) is 6.54 Å². The minimum Gasteiger partial charge on any atom is -0.508 e. The molecule has 0 spiro atoms. The van der Waals surface area contributed by atoms with E-state index in [9.17, 15) is 34.2 Å². The van der Waals surface area contributed by atoms with Crippen LogP contribution < -0.4 is 38.9 Å². The van der Waals surface area contributed by atoms with Crippen LogP contribution in [0.3, 0.4) is 0 Å². The number of nitrogens with zero attached hydrogens (tertiary/aromatic N) is 1. The molecule has 0 fully saturated rings. The van der Waals surface area contributed by atoms with Gasteiger partial charge in [-0.1, -0.05) is 26.0 Å². The number of guanidine groups is 1. The lowest BCUT2D eigenvalue weighted by Gasteiger charge is -2.26. The molecule has 0 radical (unpaired) electrons. The Balaban J connectivity index is 2.98. The number of carboxylic acid groups (broad SMARTS) is 1. The van der Waals surface area contributed by atoms with Gasteiger partial charge in [0.25, 0.3) is 0 Å². The van der Waals surface area contributed by atoms with Crippen LogP contribution in [0.15, 0.2) is 29.3 Å². The molecular weight excluding hydrogens is 536 g/mol. The number of carbonyl (C=O) groups excluding carboxylic acids is 4. The van der Waals surface area contributed by atoms with E-state index in [4.69, 9.17) is 22.9 Å². The van der Waals surface area contributed by atoms with Gasteiger partial charge in [-0.3, -0.25) is 24.2 Å². The lowest BCUT2D eigenvalue weighted by atomic mass is 10.0. The number of carbonyl (C=O) groups is 5. The minimum absolute atomic E-state index is 0.000704. The third-order valence-corrected chi connectivity index (χ3v) is 5.94.